The maximum absolute atomic E-state index is 10.2. The van der Waals surface area contributed by atoms with Crippen LogP contribution in [0.4, 0.5) is 0 Å². The van der Waals surface area contributed by atoms with Crippen molar-refractivity contribution in [3.05, 3.63) is 46.7 Å². The minimum atomic E-state index is -0.343. The van der Waals surface area contributed by atoms with Crippen molar-refractivity contribution in [3.8, 4) is 34.0 Å². The van der Waals surface area contributed by atoms with Crippen LogP contribution in [0.3, 0.4) is 0 Å². The molecule has 5 rings (SSSR count). The fraction of sp³-hybridized carbons (Fsp3) is 0.481. The average Bonchev–Trinajstić information content (AvgIpc) is 3.61. The molecule has 178 valence electrons. The lowest BCUT2D eigenvalue weighted by Gasteiger charge is -2.35. The zero-order valence-corrected chi connectivity index (χ0v) is 20.5. The van der Waals surface area contributed by atoms with E-state index in [9.17, 15) is 5.11 Å². The van der Waals surface area contributed by atoms with Crippen molar-refractivity contribution in [2.75, 3.05) is 7.11 Å². The van der Waals surface area contributed by atoms with Crippen molar-refractivity contribution in [1.82, 2.24) is 10.1 Å². The summed E-state index contributed by atoms with van der Waals surface area (Å²) in [5.41, 5.74) is 1.72. The molecule has 2 fully saturated rings. The summed E-state index contributed by atoms with van der Waals surface area (Å²) in [5, 5.41) is 16.3. The number of benzene rings is 1. The normalized spacial score (nSPS) is 22.9. The van der Waals surface area contributed by atoms with E-state index in [4.69, 9.17) is 14.0 Å². The van der Waals surface area contributed by atoms with Crippen LogP contribution in [0, 0.1) is 18.8 Å². The highest BCUT2D eigenvalue weighted by Gasteiger charge is 2.36. The number of aliphatic hydroxyl groups is 1. The van der Waals surface area contributed by atoms with Crippen LogP contribution in [0.5, 0.6) is 11.5 Å². The van der Waals surface area contributed by atoms with E-state index in [1.54, 1.807) is 25.4 Å². The van der Waals surface area contributed by atoms with Crippen LogP contribution >= 0.6 is 11.3 Å². The first-order valence-electron chi connectivity index (χ1n) is 12.0. The van der Waals surface area contributed by atoms with Gasteiger partial charge in [-0.05, 0) is 75.1 Å². The monoisotopic (exact) mass is 478 g/mol. The largest absolute Gasteiger partial charge is 0.493 e. The average molecular weight is 479 g/mol. The predicted molar refractivity (Wildman–Crippen MR) is 131 cm³/mol. The van der Waals surface area contributed by atoms with E-state index in [1.807, 2.05) is 17.5 Å². The lowest BCUT2D eigenvalue weighted by Crippen LogP contribution is -2.32. The van der Waals surface area contributed by atoms with E-state index in [0.29, 0.717) is 11.7 Å². The molecular weight excluding hydrogens is 448 g/mol. The minimum absolute atomic E-state index is 0.248. The van der Waals surface area contributed by atoms with Gasteiger partial charge >= 0.3 is 0 Å². The highest BCUT2D eigenvalue weighted by Crippen LogP contribution is 2.43. The van der Waals surface area contributed by atoms with Crippen molar-refractivity contribution in [1.29, 1.82) is 0 Å². The maximum Gasteiger partial charge on any atom is 0.223 e. The topological polar surface area (TPSA) is 77.6 Å². The van der Waals surface area contributed by atoms with Crippen LogP contribution in [-0.4, -0.2) is 34.6 Å². The number of aliphatic hydroxyl groups excluding tert-OH is 1. The summed E-state index contributed by atoms with van der Waals surface area (Å²) in [5.74, 6) is 9.70. The Kier molecular flexibility index (Phi) is 6.62. The second-order valence-corrected chi connectivity index (χ2v) is 10.2. The SMILES string of the molecule is COc1ccc(C2(C#Cc3csc(-c4noc(C)n4)c3)CCC(O)CC2)cc1OC1CCCC1. The summed E-state index contributed by atoms with van der Waals surface area (Å²) in [4.78, 5) is 5.25. The lowest BCUT2D eigenvalue weighted by atomic mass is 9.69. The molecule has 0 saturated heterocycles. The summed E-state index contributed by atoms with van der Waals surface area (Å²) in [6.45, 7) is 1.78. The van der Waals surface area contributed by atoms with Crippen molar-refractivity contribution in [3.63, 3.8) is 0 Å². The second kappa shape index (κ2) is 9.81. The summed E-state index contributed by atoms with van der Waals surface area (Å²) in [7, 11) is 1.68. The Hall–Kier alpha value is -2.82. The summed E-state index contributed by atoms with van der Waals surface area (Å²) in [6.07, 6.45) is 7.66. The Morgan fingerprint density at radius 2 is 1.91 bits per heavy atom. The molecule has 1 aromatic carbocycles. The molecule has 0 bridgehead atoms. The third kappa shape index (κ3) is 4.84. The molecule has 0 radical (unpaired) electrons. The molecule has 0 atom stereocenters. The highest BCUT2D eigenvalue weighted by molar-refractivity contribution is 7.13. The van der Waals surface area contributed by atoms with E-state index in [2.05, 4.69) is 34.1 Å². The van der Waals surface area contributed by atoms with Gasteiger partial charge in [0.15, 0.2) is 11.5 Å². The molecule has 34 heavy (non-hydrogen) atoms. The molecule has 2 heterocycles. The van der Waals surface area contributed by atoms with E-state index in [0.717, 1.165) is 66.0 Å². The van der Waals surface area contributed by atoms with Gasteiger partial charge in [-0.1, -0.05) is 23.1 Å². The molecule has 3 aromatic rings. The van der Waals surface area contributed by atoms with Crippen LogP contribution in [0.1, 0.15) is 68.4 Å². The molecule has 2 saturated carbocycles. The fourth-order valence-corrected chi connectivity index (χ4v) is 5.71. The summed E-state index contributed by atoms with van der Waals surface area (Å²) < 4.78 is 17.1. The van der Waals surface area contributed by atoms with Crippen molar-refractivity contribution in [2.45, 2.75) is 75.9 Å². The molecule has 6 nitrogen and oxygen atoms in total. The molecule has 0 unspecified atom stereocenters. The van der Waals surface area contributed by atoms with Gasteiger partial charge in [-0.2, -0.15) is 4.98 Å². The number of nitrogens with zero attached hydrogens (tertiary/aromatic N) is 2. The number of aryl methyl sites for hydroxylation is 1. The Labute approximate surface area is 204 Å². The zero-order chi connectivity index (χ0) is 23.5. The Morgan fingerprint density at radius 3 is 2.62 bits per heavy atom. The predicted octanol–water partition coefficient (Wildman–Crippen LogP) is 5.66. The summed E-state index contributed by atoms with van der Waals surface area (Å²) in [6, 6.07) is 8.23. The number of aromatic nitrogens is 2. The van der Waals surface area contributed by atoms with E-state index in [1.165, 1.54) is 12.8 Å². The number of ether oxygens (including phenoxy) is 2. The first-order chi connectivity index (χ1) is 16.5. The van der Waals surface area contributed by atoms with Crippen LogP contribution in [0.15, 0.2) is 34.2 Å². The standard InChI is InChI=1S/C27H30N2O4S/c1-18-28-26(29-33-18)25-15-19(17-34-25)9-12-27(13-10-21(30)11-14-27)20-7-8-23(31-2)24(16-20)32-22-5-3-4-6-22/h7-8,15-17,21-22,30H,3-6,10-11,13-14H2,1-2H3. The van der Waals surface area contributed by atoms with Gasteiger partial charge in [-0.15, -0.1) is 11.3 Å². The van der Waals surface area contributed by atoms with Crippen LogP contribution in [0.2, 0.25) is 0 Å². The quantitative estimate of drug-likeness (QED) is 0.477. The van der Waals surface area contributed by atoms with Crippen LogP contribution < -0.4 is 9.47 Å². The smallest absolute Gasteiger partial charge is 0.223 e. The minimum Gasteiger partial charge on any atom is -0.493 e. The number of rotatable bonds is 5. The molecule has 0 amide bonds. The van der Waals surface area contributed by atoms with Gasteiger partial charge in [0, 0.05) is 17.9 Å². The van der Waals surface area contributed by atoms with Crippen molar-refractivity contribution < 1.29 is 19.1 Å². The third-order valence-electron chi connectivity index (χ3n) is 6.91. The van der Waals surface area contributed by atoms with Gasteiger partial charge in [-0.3, -0.25) is 0 Å². The Balaban J connectivity index is 1.47. The highest BCUT2D eigenvalue weighted by atomic mass is 32.1. The molecule has 2 aromatic heterocycles. The number of methoxy groups -OCH3 is 1. The fourth-order valence-electron chi connectivity index (χ4n) is 4.94. The van der Waals surface area contributed by atoms with Crippen LogP contribution in [-0.2, 0) is 5.41 Å². The number of thiophene rings is 1. The van der Waals surface area contributed by atoms with Crippen LogP contribution in [0.25, 0.3) is 10.7 Å². The van der Waals surface area contributed by atoms with E-state index < -0.39 is 0 Å². The third-order valence-corrected chi connectivity index (χ3v) is 7.84. The Morgan fingerprint density at radius 1 is 1.12 bits per heavy atom. The molecular formula is C27H30N2O4S. The van der Waals surface area contributed by atoms with Gasteiger partial charge in [0.05, 0.1) is 29.6 Å². The molecule has 0 aliphatic heterocycles. The molecule has 1 N–H and O–H groups in total. The molecule has 0 spiro atoms. The second-order valence-electron chi connectivity index (χ2n) is 9.29. The van der Waals surface area contributed by atoms with Crippen molar-refractivity contribution >= 4 is 11.3 Å². The molecule has 2 aliphatic rings. The van der Waals surface area contributed by atoms with Crippen molar-refractivity contribution in [2.24, 2.45) is 0 Å². The lowest BCUT2D eigenvalue weighted by molar-refractivity contribution is 0.110. The van der Waals surface area contributed by atoms with Gasteiger partial charge in [0.25, 0.3) is 0 Å². The zero-order valence-electron chi connectivity index (χ0n) is 19.7. The molecule has 2 aliphatic carbocycles. The Bertz CT molecular complexity index is 1190. The maximum atomic E-state index is 10.2. The summed E-state index contributed by atoms with van der Waals surface area (Å²) >= 11 is 1.56. The first-order valence-corrected chi connectivity index (χ1v) is 12.9. The number of hydrogen-bond donors (Lipinski definition) is 1. The van der Waals surface area contributed by atoms with Gasteiger partial charge in [0.1, 0.15) is 0 Å². The van der Waals surface area contributed by atoms with Gasteiger partial charge < -0.3 is 19.1 Å². The molecule has 7 heteroatoms. The first kappa shape index (κ1) is 22.9. The van der Waals surface area contributed by atoms with Gasteiger partial charge in [0.2, 0.25) is 11.7 Å². The van der Waals surface area contributed by atoms with E-state index in [-0.39, 0.29) is 17.6 Å². The van der Waals surface area contributed by atoms with Gasteiger partial charge in [-0.25, -0.2) is 0 Å². The van der Waals surface area contributed by atoms with E-state index >= 15 is 0 Å². The number of hydrogen-bond acceptors (Lipinski definition) is 7.